The number of alkyl halides is 6. The Morgan fingerprint density at radius 1 is 1.06 bits per heavy atom. The van der Waals surface area contributed by atoms with Crippen LogP contribution in [0.25, 0.3) is 11.3 Å². The molecule has 2 aromatic rings. The lowest BCUT2D eigenvalue weighted by Crippen LogP contribution is -2.33. The summed E-state index contributed by atoms with van der Waals surface area (Å²) in [4.78, 5) is 14.4. The van der Waals surface area contributed by atoms with E-state index in [1.54, 1.807) is 11.0 Å². The fraction of sp³-hybridized carbons (Fsp3) is 0.421. The highest BCUT2D eigenvalue weighted by atomic mass is 32.2. The summed E-state index contributed by atoms with van der Waals surface area (Å²) in [6.07, 6.45) is -1.25. The Balaban J connectivity index is 0.000000414. The molecule has 1 unspecified atom stereocenters. The van der Waals surface area contributed by atoms with Gasteiger partial charge in [0, 0.05) is 18.5 Å². The van der Waals surface area contributed by atoms with Gasteiger partial charge in [-0.05, 0) is 35.2 Å². The van der Waals surface area contributed by atoms with Gasteiger partial charge in [0.25, 0.3) is 5.91 Å². The largest absolute Gasteiger partial charge is 0.741 e. The molecule has 14 heteroatoms. The van der Waals surface area contributed by atoms with Crippen LogP contribution in [-0.4, -0.2) is 60.1 Å². The van der Waals surface area contributed by atoms with Gasteiger partial charge in [-0.1, -0.05) is 12.1 Å². The molecular formula is C19H19F6NO5S2. The lowest BCUT2D eigenvalue weighted by molar-refractivity contribution is -0.137. The Morgan fingerprint density at radius 2 is 1.70 bits per heavy atom. The molecule has 2 heterocycles. The van der Waals surface area contributed by atoms with Crippen LogP contribution in [0.1, 0.15) is 22.5 Å². The van der Waals surface area contributed by atoms with Gasteiger partial charge in [-0.25, -0.2) is 8.42 Å². The first kappa shape index (κ1) is 27.1. The maximum atomic E-state index is 12.8. The van der Waals surface area contributed by atoms with Crippen LogP contribution in [0.5, 0.6) is 0 Å². The molecule has 0 spiro atoms. The van der Waals surface area contributed by atoms with Crippen molar-refractivity contribution in [2.45, 2.75) is 18.1 Å². The van der Waals surface area contributed by atoms with Crippen LogP contribution < -0.4 is 0 Å². The molecule has 1 aliphatic heterocycles. The van der Waals surface area contributed by atoms with Gasteiger partial charge in [-0.15, -0.1) is 0 Å². The van der Waals surface area contributed by atoms with Gasteiger partial charge in [-0.2, -0.15) is 26.3 Å². The Labute approximate surface area is 188 Å². The SMILES string of the molecule is C[S+]1CCCN(C(=O)c2ccc(-c3cccc(C(F)(F)F)c3)o2)CC1.O=S(=O)([O-])C(F)(F)F. The number of carbonyl (C=O) groups is 1. The van der Waals surface area contributed by atoms with Crippen molar-refractivity contribution in [1.29, 1.82) is 0 Å². The maximum absolute atomic E-state index is 12.8. The predicted molar refractivity (Wildman–Crippen MR) is 108 cm³/mol. The zero-order chi connectivity index (χ0) is 25.0. The molecule has 0 bridgehead atoms. The molecule has 1 aromatic carbocycles. The first-order chi connectivity index (χ1) is 15.1. The summed E-state index contributed by atoms with van der Waals surface area (Å²) in [5, 5.41) is 0. The van der Waals surface area contributed by atoms with E-state index in [4.69, 9.17) is 17.4 Å². The van der Waals surface area contributed by atoms with Gasteiger partial charge < -0.3 is 13.9 Å². The lowest BCUT2D eigenvalue weighted by Gasteiger charge is -2.17. The zero-order valence-corrected chi connectivity index (χ0v) is 18.7. The Morgan fingerprint density at radius 3 is 2.27 bits per heavy atom. The van der Waals surface area contributed by atoms with E-state index in [0.717, 1.165) is 30.1 Å². The van der Waals surface area contributed by atoms with Crippen molar-refractivity contribution in [2.75, 3.05) is 30.9 Å². The van der Waals surface area contributed by atoms with E-state index in [2.05, 4.69) is 6.26 Å². The summed E-state index contributed by atoms with van der Waals surface area (Å²) < 4.78 is 103. The van der Waals surface area contributed by atoms with Crippen molar-refractivity contribution in [3.05, 3.63) is 47.7 Å². The molecule has 6 nitrogen and oxygen atoms in total. The molecule has 33 heavy (non-hydrogen) atoms. The van der Waals surface area contributed by atoms with Crippen LogP contribution in [0.2, 0.25) is 0 Å². The molecule has 0 radical (unpaired) electrons. The second kappa shape index (κ2) is 10.4. The third kappa shape index (κ3) is 7.67. The second-order valence-corrected chi connectivity index (χ2v) is 10.7. The molecular weight excluding hydrogens is 500 g/mol. The van der Waals surface area contributed by atoms with E-state index in [9.17, 15) is 31.1 Å². The van der Waals surface area contributed by atoms with Crippen molar-refractivity contribution in [2.24, 2.45) is 0 Å². The third-order valence-electron chi connectivity index (χ3n) is 4.49. The zero-order valence-electron chi connectivity index (χ0n) is 17.1. The van der Waals surface area contributed by atoms with Gasteiger partial charge in [0.2, 0.25) is 0 Å². The summed E-state index contributed by atoms with van der Waals surface area (Å²) in [6, 6.07) is 8.00. The van der Waals surface area contributed by atoms with E-state index < -0.39 is 27.4 Å². The van der Waals surface area contributed by atoms with Crippen LogP contribution in [0.15, 0.2) is 40.8 Å². The molecule has 0 saturated carbocycles. The highest BCUT2D eigenvalue weighted by molar-refractivity contribution is 7.96. The minimum atomic E-state index is -6.09. The number of nitrogens with zero attached hydrogens (tertiary/aromatic N) is 1. The highest BCUT2D eigenvalue weighted by Gasteiger charge is 2.37. The highest BCUT2D eigenvalue weighted by Crippen LogP contribution is 2.32. The van der Waals surface area contributed by atoms with Crippen molar-refractivity contribution in [1.82, 2.24) is 4.90 Å². The summed E-state index contributed by atoms with van der Waals surface area (Å²) in [6.45, 7) is 1.38. The monoisotopic (exact) mass is 519 g/mol. The molecule has 1 amide bonds. The smallest absolute Gasteiger partial charge is 0.485 e. The topological polar surface area (TPSA) is 90.7 Å². The van der Waals surface area contributed by atoms with Gasteiger partial charge in [0.15, 0.2) is 15.9 Å². The number of furan rings is 1. The summed E-state index contributed by atoms with van der Waals surface area (Å²) >= 11 is 0. The van der Waals surface area contributed by atoms with Gasteiger partial charge in [0.05, 0.1) is 18.4 Å². The Hall–Kier alpha value is -2.19. The molecule has 1 saturated heterocycles. The Kier molecular flexibility index (Phi) is 8.52. The minimum Gasteiger partial charge on any atom is -0.741 e. The number of amides is 1. The summed E-state index contributed by atoms with van der Waals surface area (Å²) in [7, 11) is -5.76. The van der Waals surface area contributed by atoms with E-state index in [-0.39, 0.29) is 17.4 Å². The quantitative estimate of drug-likeness (QED) is 0.258. The average molecular weight is 519 g/mol. The Bertz CT molecular complexity index is 1070. The number of hydrogen-bond donors (Lipinski definition) is 0. The van der Waals surface area contributed by atoms with Crippen LogP contribution in [0.3, 0.4) is 0 Å². The molecule has 3 rings (SSSR count). The molecule has 184 valence electrons. The first-order valence-corrected chi connectivity index (χ1v) is 12.7. The van der Waals surface area contributed by atoms with E-state index in [1.165, 1.54) is 18.2 Å². The van der Waals surface area contributed by atoms with Crippen molar-refractivity contribution >= 4 is 26.9 Å². The number of rotatable bonds is 2. The first-order valence-electron chi connectivity index (χ1n) is 9.27. The standard InChI is InChI=1S/C18H19F3NO2S.CHF3O3S/c1-25-10-3-8-22(9-11-25)17(23)16-7-6-15(24-16)13-4-2-5-14(12-13)18(19,20)21;2-1(3,4)8(5,6)7/h2,4-7,12H,3,8-11H2,1H3;(H,5,6,7)/q+1;/p-1. The fourth-order valence-corrected chi connectivity index (χ4v) is 4.16. The average Bonchev–Trinajstić information content (AvgIpc) is 3.09. The van der Waals surface area contributed by atoms with Crippen LogP contribution in [0.4, 0.5) is 26.3 Å². The van der Waals surface area contributed by atoms with E-state index in [0.29, 0.717) is 29.5 Å². The molecule has 1 aliphatic rings. The number of benzene rings is 1. The van der Waals surface area contributed by atoms with Crippen molar-refractivity contribution in [3.8, 4) is 11.3 Å². The van der Waals surface area contributed by atoms with Crippen LogP contribution in [0, 0.1) is 0 Å². The number of hydrogen-bond acceptors (Lipinski definition) is 5. The van der Waals surface area contributed by atoms with Crippen LogP contribution in [-0.2, 0) is 27.2 Å². The number of halogens is 6. The summed E-state index contributed by atoms with van der Waals surface area (Å²) in [5.41, 5.74) is -6.08. The molecule has 1 atom stereocenters. The minimum absolute atomic E-state index is 0.172. The van der Waals surface area contributed by atoms with Crippen molar-refractivity contribution < 1.29 is 48.5 Å². The second-order valence-electron chi connectivity index (χ2n) is 6.98. The van der Waals surface area contributed by atoms with Gasteiger partial charge in [0.1, 0.15) is 17.3 Å². The summed E-state index contributed by atoms with van der Waals surface area (Å²) in [5.74, 6) is 2.34. The molecule has 1 aromatic heterocycles. The maximum Gasteiger partial charge on any atom is 0.485 e. The normalized spacial score (nSPS) is 17.7. The predicted octanol–water partition coefficient (Wildman–Crippen LogP) is 4.11. The van der Waals surface area contributed by atoms with E-state index >= 15 is 0 Å². The third-order valence-corrected chi connectivity index (χ3v) is 6.92. The fourth-order valence-electron chi connectivity index (χ4n) is 2.80. The lowest BCUT2D eigenvalue weighted by atomic mass is 10.1. The molecule has 0 aliphatic carbocycles. The van der Waals surface area contributed by atoms with Gasteiger partial charge in [-0.3, -0.25) is 4.79 Å². The van der Waals surface area contributed by atoms with Crippen molar-refractivity contribution in [3.63, 3.8) is 0 Å². The van der Waals surface area contributed by atoms with E-state index in [1.807, 2.05) is 0 Å². The van der Waals surface area contributed by atoms with Crippen LogP contribution >= 0.6 is 0 Å². The van der Waals surface area contributed by atoms with Gasteiger partial charge >= 0.3 is 11.7 Å². The molecule has 0 N–H and O–H groups in total. The number of carbonyl (C=O) groups excluding carboxylic acids is 1. The molecule has 1 fully saturated rings.